The molecule has 2 rings (SSSR count). The third kappa shape index (κ3) is 2.71. The summed E-state index contributed by atoms with van der Waals surface area (Å²) in [5, 5.41) is 5.37. The summed E-state index contributed by atoms with van der Waals surface area (Å²) in [6.45, 7) is 2.97. The average Bonchev–Trinajstić information content (AvgIpc) is 2.26. The first-order chi connectivity index (χ1) is 8.11. The molecule has 4 heteroatoms. The minimum Gasteiger partial charge on any atom is -0.319 e. The minimum absolute atomic E-state index is 0.609. The van der Waals surface area contributed by atoms with E-state index in [0.717, 1.165) is 29.6 Å². The van der Waals surface area contributed by atoms with Crippen LogP contribution in [0.2, 0.25) is 10.0 Å². The van der Waals surface area contributed by atoms with Crippen molar-refractivity contribution in [3.63, 3.8) is 0 Å². The van der Waals surface area contributed by atoms with Crippen molar-refractivity contribution in [2.24, 2.45) is 0 Å². The van der Waals surface area contributed by atoms with Gasteiger partial charge in [0.2, 0.25) is 0 Å². The Morgan fingerprint density at radius 2 is 2.00 bits per heavy atom. The maximum atomic E-state index is 6.16. The fourth-order valence-corrected chi connectivity index (χ4v) is 2.40. The summed E-state index contributed by atoms with van der Waals surface area (Å²) in [6, 6.07) is 5.71. The van der Waals surface area contributed by atoms with E-state index in [1.807, 2.05) is 13.1 Å². The Morgan fingerprint density at radius 3 is 2.71 bits per heavy atom. The minimum atomic E-state index is 0.609. The van der Waals surface area contributed by atoms with Crippen LogP contribution in [0.4, 0.5) is 0 Å². The summed E-state index contributed by atoms with van der Waals surface area (Å²) in [5.41, 5.74) is 3.08. The number of nitrogens with one attached hydrogen (secondary N) is 1. The molecule has 0 bridgehead atoms. The molecule has 1 N–H and O–H groups in total. The lowest BCUT2D eigenvalue weighted by Gasteiger charge is -2.08. The predicted octanol–water partition coefficient (Wildman–Crippen LogP) is 3.61. The topological polar surface area (TPSA) is 24.9 Å². The maximum Gasteiger partial charge on any atom is 0.0892 e. The molecule has 0 saturated heterocycles. The first kappa shape index (κ1) is 12.6. The van der Waals surface area contributed by atoms with Gasteiger partial charge in [-0.1, -0.05) is 23.2 Å². The lowest BCUT2D eigenvalue weighted by molar-refractivity contribution is 0.775. The molecule has 1 aromatic carbocycles. The number of benzene rings is 1. The number of aromatic nitrogens is 1. The average molecular weight is 269 g/mol. The quantitative estimate of drug-likeness (QED) is 0.920. The van der Waals surface area contributed by atoms with Gasteiger partial charge in [-0.25, -0.2) is 0 Å². The summed E-state index contributed by atoms with van der Waals surface area (Å²) in [5.74, 6) is 0. The van der Waals surface area contributed by atoms with Gasteiger partial charge in [-0.05, 0) is 37.7 Å². The predicted molar refractivity (Wildman–Crippen MR) is 74.1 cm³/mol. The van der Waals surface area contributed by atoms with Crippen LogP contribution in [-0.2, 0) is 6.42 Å². The molecule has 0 aliphatic rings. The Hall–Kier alpha value is -0.830. The van der Waals surface area contributed by atoms with Gasteiger partial charge in [0.15, 0.2) is 0 Å². The Bertz CT molecular complexity index is 553. The summed E-state index contributed by atoms with van der Waals surface area (Å²) in [4.78, 5) is 4.62. The smallest absolute Gasteiger partial charge is 0.0892 e. The zero-order chi connectivity index (χ0) is 12.4. The first-order valence-electron chi connectivity index (χ1n) is 5.51. The number of rotatable bonds is 3. The normalized spacial score (nSPS) is 11.1. The second-order valence-electron chi connectivity index (χ2n) is 4.06. The molecule has 17 heavy (non-hydrogen) atoms. The number of pyridine rings is 1. The molecule has 90 valence electrons. The molecule has 2 nitrogen and oxygen atoms in total. The van der Waals surface area contributed by atoms with Crippen molar-refractivity contribution in [2.75, 3.05) is 13.6 Å². The molecule has 0 atom stereocenters. The van der Waals surface area contributed by atoms with Crippen LogP contribution in [0.5, 0.6) is 0 Å². The Kier molecular flexibility index (Phi) is 3.87. The summed E-state index contributed by atoms with van der Waals surface area (Å²) in [7, 11) is 1.93. The summed E-state index contributed by atoms with van der Waals surface area (Å²) < 4.78 is 0. The molecule has 0 fully saturated rings. The van der Waals surface area contributed by atoms with E-state index < -0.39 is 0 Å². The van der Waals surface area contributed by atoms with Gasteiger partial charge >= 0.3 is 0 Å². The van der Waals surface area contributed by atoms with E-state index in [-0.39, 0.29) is 0 Å². The highest BCUT2D eigenvalue weighted by Gasteiger charge is 2.07. The molecule has 0 unspecified atom stereocenters. The van der Waals surface area contributed by atoms with E-state index in [4.69, 9.17) is 23.2 Å². The lowest BCUT2D eigenvalue weighted by Crippen LogP contribution is -2.12. The molecule has 0 saturated carbocycles. The Labute approximate surface area is 111 Å². The molecule has 1 heterocycles. The fourth-order valence-electron chi connectivity index (χ4n) is 1.85. The van der Waals surface area contributed by atoms with E-state index in [1.165, 1.54) is 5.56 Å². The Balaban J connectivity index is 2.55. The second-order valence-corrected chi connectivity index (χ2v) is 4.91. The zero-order valence-electron chi connectivity index (χ0n) is 9.85. The molecule has 1 aromatic heterocycles. The van der Waals surface area contributed by atoms with Crippen LogP contribution in [0.3, 0.4) is 0 Å². The molecule has 0 aliphatic heterocycles. The SMILES string of the molecule is CNCCc1nc2c(Cl)cc(Cl)cc2cc1C. The van der Waals surface area contributed by atoms with Crippen LogP contribution in [-0.4, -0.2) is 18.6 Å². The maximum absolute atomic E-state index is 6.16. The molecule has 2 aromatic rings. The van der Waals surface area contributed by atoms with Crippen molar-refractivity contribution in [1.29, 1.82) is 0 Å². The van der Waals surface area contributed by atoms with Crippen LogP contribution >= 0.6 is 23.2 Å². The largest absolute Gasteiger partial charge is 0.319 e. The lowest BCUT2D eigenvalue weighted by atomic mass is 10.1. The molecular formula is C13H14Cl2N2. The van der Waals surface area contributed by atoms with Gasteiger partial charge in [0.05, 0.1) is 10.5 Å². The van der Waals surface area contributed by atoms with Crippen LogP contribution in [0.15, 0.2) is 18.2 Å². The first-order valence-corrected chi connectivity index (χ1v) is 6.27. The van der Waals surface area contributed by atoms with Gasteiger partial charge < -0.3 is 5.32 Å². The third-order valence-electron chi connectivity index (χ3n) is 2.74. The van der Waals surface area contributed by atoms with E-state index in [2.05, 4.69) is 23.3 Å². The zero-order valence-corrected chi connectivity index (χ0v) is 11.4. The highest BCUT2D eigenvalue weighted by molar-refractivity contribution is 6.38. The van der Waals surface area contributed by atoms with Crippen molar-refractivity contribution >= 4 is 34.1 Å². The third-order valence-corrected chi connectivity index (χ3v) is 3.25. The van der Waals surface area contributed by atoms with E-state index in [1.54, 1.807) is 6.07 Å². The van der Waals surface area contributed by atoms with Gasteiger partial charge in [0, 0.05) is 29.1 Å². The Morgan fingerprint density at radius 1 is 1.24 bits per heavy atom. The van der Waals surface area contributed by atoms with Gasteiger partial charge in [0.25, 0.3) is 0 Å². The molecule has 0 spiro atoms. The second kappa shape index (κ2) is 5.21. The number of aryl methyl sites for hydroxylation is 1. The highest BCUT2D eigenvalue weighted by Crippen LogP contribution is 2.27. The van der Waals surface area contributed by atoms with Crippen LogP contribution < -0.4 is 5.32 Å². The van der Waals surface area contributed by atoms with Gasteiger partial charge in [-0.15, -0.1) is 0 Å². The monoisotopic (exact) mass is 268 g/mol. The number of likely N-dealkylation sites (N-methyl/N-ethyl adjacent to an activating group) is 1. The van der Waals surface area contributed by atoms with Crippen LogP contribution in [0, 0.1) is 6.92 Å². The van der Waals surface area contributed by atoms with E-state index in [0.29, 0.717) is 10.0 Å². The number of nitrogens with zero attached hydrogens (tertiary/aromatic N) is 1. The number of hydrogen-bond acceptors (Lipinski definition) is 2. The van der Waals surface area contributed by atoms with E-state index in [9.17, 15) is 0 Å². The number of halogens is 2. The summed E-state index contributed by atoms with van der Waals surface area (Å²) in [6.07, 6.45) is 0.900. The molecule has 0 radical (unpaired) electrons. The highest BCUT2D eigenvalue weighted by atomic mass is 35.5. The summed E-state index contributed by atoms with van der Waals surface area (Å²) >= 11 is 12.1. The van der Waals surface area contributed by atoms with Gasteiger partial charge in [-0.3, -0.25) is 4.98 Å². The van der Waals surface area contributed by atoms with E-state index >= 15 is 0 Å². The van der Waals surface area contributed by atoms with Crippen LogP contribution in [0.25, 0.3) is 10.9 Å². The van der Waals surface area contributed by atoms with Crippen molar-refractivity contribution in [3.05, 3.63) is 39.5 Å². The van der Waals surface area contributed by atoms with Crippen molar-refractivity contribution in [1.82, 2.24) is 10.3 Å². The van der Waals surface area contributed by atoms with Crippen molar-refractivity contribution < 1.29 is 0 Å². The molecular weight excluding hydrogens is 255 g/mol. The van der Waals surface area contributed by atoms with Crippen molar-refractivity contribution in [2.45, 2.75) is 13.3 Å². The molecule has 0 aliphatic carbocycles. The fraction of sp³-hybridized carbons (Fsp3) is 0.308. The van der Waals surface area contributed by atoms with Crippen LogP contribution in [0.1, 0.15) is 11.3 Å². The van der Waals surface area contributed by atoms with Gasteiger partial charge in [-0.2, -0.15) is 0 Å². The number of fused-ring (bicyclic) bond motifs is 1. The van der Waals surface area contributed by atoms with Crippen molar-refractivity contribution in [3.8, 4) is 0 Å². The molecule has 0 amide bonds. The van der Waals surface area contributed by atoms with Gasteiger partial charge in [0.1, 0.15) is 0 Å². The standard InChI is InChI=1S/C13H14Cl2N2/c1-8-5-9-6-10(14)7-11(15)13(9)17-12(8)3-4-16-2/h5-7,16H,3-4H2,1-2H3. The number of hydrogen-bond donors (Lipinski definition) is 1.